The molecular weight excluding hydrogens is 180 g/mol. The average Bonchev–Trinajstić information content (AvgIpc) is 2.13. The van der Waals surface area contributed by atoms with E-state index in [4.69, 9.17) is 0 Å². The molecule has 0 bridgehead atoms. The van der Waals surface area contributed by atoms with Crippen molar-refractivity contribution in [2.45, 2.75) is 13.0 Å². The van der Waals surface area contributed by atoms with Crippen molar-refractivity contribution in [2.24, 2.45) is 0 Å². The van der Waals surface area contributed by atoms with E-state index in [0.717, 1.165) is 12.3 Å². The molecule has 1 saturated heterocycles. The molecule has 1 N–H and O–H groups in total. The first-order valence-electron chi connectivity index (χ1n) is 4.97. The molecule has 0 amide bonds. The van der Waals surface area contributed by atoms with E-state index in [2.05, 4.69) is 23.7 Å². The third-order valence-electron chi connectivity index (χ3n) is 2.24. The van der Waals surface area contributed by atoms with Gasteiger partial charge in [0.1, 0.15) is 0 Å². The lowest BCUT2D eigenvalue weighted by molar-refractivity contribution is 0.218. The maximum atomic E-state index is 3.71. The maximum absolute atomic E-state index is 3.71. The Kier molecular flexibility index (Phi) is 5.51. The zero-order chi connectivity index (χ0) is 9.52. The van der Waals surface area contributed by atoms with Crippen LogP contribution in [0.4, 0.5) is 0 Å². The summed E-state index contributed by atoms with van der Waals surface area (Å²) in [5, 5.41) is 3.45. The standard InChI is InChI=1S/C10H20N2S/c1-3-7-13-8-6-12-5-4-11-10(2)9-12/h3,10-11H,1,4-9H2,2H3. The second-order valence-electron chi connectivity index (χ2n) is 3.52. The minimum Gasteiger partial charge on any atom is -0.312 e. The van der Waals surface area contributed by atoms with Crippen LogP contribution in [0.2, 0.25) is 0 Å². The molecule has 0 aromatic rings. The van der Waals surface area contributed by atoms with Crippen molar-refractivity contribution in [2.75, 3.05) is 37.7 Å². The van der Waals surface area contributed by atoms with E-state index in [9.17, 15) is 0 Å². The van der Waals surface area contributed by atoms with Crippen LogP contribution in [-0.2, 0) is 0 Å². The molecule has 76 valence electrons. The van der Waals surface area contributed by atoms with Gasteiger partial charge in [-0.25, -0.2) is 0 Å². The molecule has 1 fully saturated rings. The van der Waals surface area contributed by atoms with Gasteiger partial charge >= 0.3 is 0 Å². The Bertz CT molecular complexity index is 150. The molecule has 0 spiro atoms. The molecular formula is C10H20N2S. The van der Waals surface area contributed by atoms with E-state index >= 15 is 0 Å². The molecule has 13 heavy (non-hydrogen) atoms. The Balaban J connectivity index is 2.03. The highest BCUT2D eigenvalue weighted by atomic mass is 32.2. The number of nitrogens with zero attached hydrogens (tertiary/aromatic N) is 1. The van der Waals surface area contributed by atoms with Crippen molar-refractivity contribution >= 4 is 11.8 Å². The summed E-state index contributed by atoms with van der Waals surface area (Å²) in [7, 11) is 0. The molecule has 3 heteroatoms. The normalized spacial score (nSPS) is 24.5. The number of hydrogen-bond donors (Lipinski definition) is 1. The van der Waals surface area contributed by atoms with Crippen LogP contribution in [0.25, 0.3) is 0 Å². The van der Waals surface area contributed by atoms with Crippen LogP contribution in [0.15, 0.2) is 12.7 Å². The van der Waals surface area contributed by atoms with Gasteiger partial charge in [0.15, 0.2) is 0 Å². The largest absolute Gasteiger partial charge is 0.312 e. The van der Waals surface area contributed by atoms with Crippen molar-refractivity contribution in [1.29, 1.82) is 0 Å². The van der Waals surface area contributed by atoms with Crippen molar-refractivity contribution in [3.8, 4) is 0 Å². The summed E-state index contributed by atoms with van der Waals surface area (Å²) in [4.78, 5) is 2.54. The lowest BCUT2D eigenvalue weighted by Crippen LogP contribution is -2.49. The fourth-order valence-electron chi connectivity index (χ4n) is 1.58. The Labute approximate surface area is 85.8 Å². The third-order valence-corrected chi connectivity index (χ3v) is 3.18. The monoisotopic (exact) mass is 200 g/mol. The van der Waals surface area contributed by atoms with Crippen molar-refractivity contribution in [3.05, 3.63) is 12.7 Å². The lowest BCUT2D eigenvalue weighted by Gasteiger charge is -2.31. The summed E-state index contributed by atoms with van der Waals surface area (Å²) < 4.78 is 0. The summed E-state index contributed by atoms with van der Waals surface area (Å²) in [6.45, 7) is 10.7. The van der Waals surface area contributed by atoms with Crippen molar-refractivity contribution in [1.82, 2.24) is 10.2 Å². The third kappa shape index (κ3) is 4.69. The van der Waals surface area contributed by atoms with Gasteiger partial charge in [-0.2, -0.15) is 11.8 Å². The minimum atomic E-state index is 0.665. The first-order valence-corrected chi connectivity index (χ1v) is 6.13. The van der Waals surface area contributed by atoms with Gasteiger partial charge in [-0.3, -0.25) is 4.90 Å². The predicted molar refractivity (Wildman–Crippen MR) is 61.4 cm³/mol. The van der Waals surface area contributed by atoms with Gasteiger partial charge in [0.25, 0.3) is 0 Å². The van der Waals surface area contributed by atoms with E-state index in [1.54, 1.807) is 0 Å². The van der Waals surface area contributed by atoms with E-state index < -0.39 is 0 Å². The minimum absolute atomic E-state index is 0.665. The Morgan fingerprint density at radius 1 is 1.69 bits per heavy atom. The summed E-state index contributed by atoms with van der Waals surface area (Å²) in [6, 6.07) is 0.665. The van der Waals surface area contributed by atoms with Gasteiger partial charge < -0.3 is 5.32 Å². The van der Waals surface area contributed by atoms with E-state index in [0.29, 0.717) is 6.04 Å². The van der Waals surface area contributed by atoms with Crippen LogP contribution >= 0.6 is 11.8 Å². The van der Waals surface area contributed by atoms with E-state index in [-0.39, 0.29) is 0 Å². The molecule has 1 aliphatic heterocycles. The first-order chi connectivity index (χ1) is 6.33. The Morgan fingerprint density at radius 3 is 3.23 bits per heavy atom. The molecule has 1 unspecified atom stereocenters. The van der Waals surface area contributed by atoms with Crippen LogP contribution in [0.5, 0.6) is 0 Å². The molecule has 1 aliphatic rings. The molecule has 0 aliphatic carbocycles. The fraction of sp³-hybridized carbons (Fsp3) is 0.800. The zero-order valence-corrected chi connectivity index (χ0v) is 9.28. The van der Waals surface area contributed by atoms with Gasteiger partial charge in [-0.1, -0.05) is 6.08 Å². The SMILES string of the molecule is C=CCSCCN1CCNC(C)C1. The fourth-order valence-corrected chi connectivity index (χ4v) is 2.30. The average molecular weight is 200 g/mol. The van der Waals surface area contributed by atoms with Gasteiger partial charge in [-0.15, -0.1) is 6.58 Å². The Hall–Kier alpha value is 0.01000. The second kappa shape index (κ2) is 6.46. The summed E-state index contributed by atoms with van der Waals surface area (Å²) in [6.07, 6.45) is 1.98. The van der Waals surface area contributed by atoms with Crippen LogP contribution in [0, 0.1) is 0 Å². The summed E-state index contributed by atoms with van der Waals surface area (Å²) in [5.74, 6) is 2.32. The number of thioether (sulfide) groups is 1. The van der Waals surface area contributed by atoms with Gasteiger partial charge in [0.2, 0.25) is 0 Å². The highest BCUT2D eigenvalue weighted by Gasteiger charge is 2.14. The highest BCUT2D eigenvalue weighted by Crippen LogP contribution is 2.03. The second-order valence-corrected chi connectivity index (χ2v) is 4.67. The van der Waals surface area contributed by atoms with Gasteiger partial charge in [0.05, 0.1) is 0 Å². The number of nitrogens with one attached hydrogen (secondary N) is 1. The molecule has 0 radical (unpaired) electrons. The Morgan fingerprint density at radius 2 is 2.54 bits per heavy atom. The van der Waals surface area contributed by atoms with Crippen molar-refractivity contribution in [3.63, 3.8) is 0 Å². The number of hydrogen-bond acceptors (Lipinski definition) is 3. The lowest BCUT2D eigenvalue weighted by atomic mass is 10.2. The predicted octanol–water partition coefficient (Wildman–Crippen LogP) is 1.20. The highest BCUT2D eigenvalue weighted by molar-refractivity contribution is 7.99. The molecule has 1 rings (SSSR count). The molecule has 1 atom stereocenters. The van der Waals surface area contributed by atoms with Crippen LogP contribution in [-0.4, -0.2) is 48.6 Å². The molecule has 0 saturated carbocycles. The quantitative estimate of drug-likeness (QED) is 0.530. The number of piperazine rings is 1. The molecule has 0 aromatic carbocycles. The summed E-state index contributed by atoms with van der Waals surface area (Å²) in [5.41, 5.74) is 0. The van der Waals surface area contributed by atoms with Gasteiger partial charge in [0, 0.05) is 43.7 Å². The molecule has 2 nitrogen and oxygen atoms in total. The molecule has 0 aromatic heterocycles. The smallest absolute Gasteiger partial charge is 0.0167 e. The zero-order valence-electron chi connectivity index (χ0n) is 8.46. The molecule has 1 heterocycles. The summed E-state index contributed by atoms with van der Waals surface area (Å²) >= 11 is 1.97. The first kappa shape index (κ1) is 11.1. The number of rotatable bonds is 5. The van der Waals surface area contributed by atoms with Crippen LogP contribution in [0.3, 0.4) is 0 Å². The van der Waals surface area contributed by atoms with Crippen molar-refractivity contribution < 1.29 is 0 Å². The van der Waals surface area contributed by atoms with Crippen LogP contribution < -0.4 is 5.32 Å². The van der Waals surface area contributed by atoms with Gasteiger partial charge in [-0.05, 0) is 6.92 Å². The van der Waals surface area contributed by atoms with Crippen LogP contribution in [0.1, 0.15) is 6.92 Å². The van der Waals surface area contributed by atoms with E-state index in [1.165, 1.54) is 25.4 Å². The maximum Gasteiger partial charge on any atom is 0.0167 e. The topological polar surface area (TPSA) is 15.3 Å². The van der Waals surface area contributed by atoms with E-state index in [1.807, 2.05) is 17.8 Å².